The van der Waals surface area contributed by atoms with Gasteiger partial charge >= 0.3 is 5.97 Å². The molecule has 0 radical (unpaired) electrons. The van der Waals surface area contributed by atoms with Crippen molar-refractivity contribution in [2.45, 2.75) is 26.5 Å². The molecular weight excluding hydrogens is 382 g/mol. The van der Waals surface area contributed by atoms with Gasteiger partial charge in [-0.3, -0.25) is 4.79 Å². The van der Waals surface area contributed by atoms with Crippen LogP contribution >= 0.6 is 15.9 Å². The Morgan fingerprint density at radius 2 is 1.76 bits per heavy atom. The van der Waals surface area contributed by atoms with Crippen LogP contribution in [0.2, 0.25) is 0 Å². The highest BCUT2D eigenvalue weighted by molar-refractivity contribution is 9.10. The fourth-order valence-electron chi connectivity index (χ4n) is 2.04. The lowest BCUT2D eigenvalue weighted by atomic mass is 10.1. The van der Waals surface area contributed by atoms with Crippen molar-refractivity contribution in [3.63, 3.8) is 0 Å². The Morgan fingerprint density at radius 3 is 2.40 bits per heavy atom. The molecule has 25 heavy (non-hydrogen) atoms. The monoisotopic (exact) mass is 401 g/mol. The Hall–Kier alpha value is -2.40. The highest BCUT2D eigenvalue weighted by Crippen LogP contribution is 2.11. The molecule has 0 saturated heterocycles. The number of halogens is 1. The minimum Gasteiger partial charge on any atom is -0.449 e. The zero-order chi connectivity index (χ0) is 18.2. The smallest absolute Gasteiger partial charge is 0.331 e. The average molecular weight is 402 g/mol. The number of ether oxygens (including phenoxy) is 1. The van der Waals surface area contributed by atoms with Gasteiger partial charge in [-0.1, -0.05) is 57.9 Å². The maximum Gasteiger partial charge on any atom is 0.331 e. The van der Waals surface area contributed by atoms with E-state index in [0.717, 1.165) is 21.2 Å². The lowest BCUT2D eigenvalue weighted by molar-refractivity contribution is -0.150. The maximum absolute atomic E-state index is 12.0. The summed E-state index contributed by atoms with van der Waals surface area (Å²) in [7, 11) is 0. The van der Waals surface area contributed by atoms with Crippen LogP contribution in [0.4, 0.5) is 0 Å². The molecule has 1 atom stereocenters. The van der Waals surface area contributed by atoms with E-state index in [2.05, 4.69) is 21.2 Å². The molecule has 0 bridgehead atoms. The molecule has 0 spiro atoms. The summed E-state index contributed by atoms with van der Waals surface area (Å²) in [4.78, 5) is 23.8. The molecule has 0 aliphatic heterocycles. The Balaban J connectivity index is 1.80. The van der Waals surface area contributed by atoms with Crippen LogP contribution in [-0.4, -0.2) is 18.0 Å². The standard InChI is InChI=1S/C20H20BrNO3/c1-14-3-5-17(6-4-14)13-22-20(24)15(2)25-19(23)12-9-16-7-10-18(21)11-8-16/h3-12,15H,13H2,1-2H3,(H,22,24)/b12-9+/t15-/m1/s1. The zero-order valence-electron chi connectivity index (χ0n) is 14.2. The van der Waals surface area contributed by atoms with Crippen LogP contribution in [-0.2, 0) is 20.9 Å². The van der Waals surface area contributed by atoms with Crippen molar-refractivity contribution in [3.8, 4) is 0 Å². The predicted octanol–water partition coefficient (Wildman–Crippen LogP) is 4.02. The summed E-state index contributed by atoms with van der Waals surface area (Å²) < 4.78 is 6.08. The highest BCUT2D eigenvalue weighted by Gasteiger charge is 2.15. The Morgan fingerprint density at radius 1 is 1.12 bits per heavy atom. The van der Waals surface area contributed by atoms with E-state index in [4.69, 9.17) is 4.74 Å². The van der Waals surface area contributed by atoms with E-state index in [-0.39, 0.29) is 5.91 Å². The number of amides is 1. The van der Waals surface area contributed by atoms with Crippen molar-refractivity contribution in [2.75, 3.05) is 0 Å². The van der Waals surface area contributed by atoms with Crippen LogP contribution in [0.5, 0.6) is 0 Å². The second kappa shape index (κ2) is 9.18. The number of aryl methyl sites for hydroxylation is 1. The maximum atomic E-state index is 12.0. The molecule has 5 heteroatoms. The minimum atomic E-state index is -0.854. The molecule has 2 rings (SSSR count). The molecule has 0 aliphatic rings. The van der Waals surface area contributed by atoms with Crippen molar-refractivity contribution >= 4 is 33.9 Å². The number of esters is 1. The quantitative estimate of drug-likeness (QED) is 0.587. The van der Waals surface area contributed by atoms with E-state index in [0.29, 0.717) is 6.54 Å². The predicted molar refractivity (Wildman–Crippen MR) is 102 cm³/mol. The molecule has 1 amide bonds. The van der Waals surface area contributed by atoms with Gasteiger partial charge in [0.1, 0.15) is 0 Å². The summed E-state index contributed by atoms with van der Waals surface area (Å²) >= 11 is 3.35. The number of carbonyl (C=O) groups is 2. The molecule has 1 N–H and O–H groups in total. The second-order valence-corrected chi connectivity index (χ2v) is 6.58. The minimum absolute atomic E-state index is 0.328. The number of carbonyl (C=O) groups excluding carboxylic acids is 2. The third kappa shape index (κ3) is 6.55. The SMILES string of the molecule is Cc1ccc(CNC(=O)[C@@H](C)OC(=O)/C=C/c2ccc(Br)cc2)cc1. The molecule has 0 aromatic heterocycles. The molecule has 0 aliphatic carbocycles. The molecule has 130 valence electrons. The summed E-state index contributed by atoms with van der Waals surface area (Å²) in [6.07, 6.45) is 2.10. The largest absolute Gasteiger partial charge is 0.449 e. The lowest BCUT2D eigenvalue weighted by Gasteiger charge is -2.12. The van der Waals surface area contributed by atoms with Gasteiger partial charge in [0.15, 0.2) is 6.10 Å². The van der Waals surface area contributed by atoms with Gasteiger partial charge in [0.2, 0.25) is 0 Å². The molecule has 2 aromatic carbocycles. The summed E-state index contributed by atoms with van der Waals surface area (Å²) in [5.41, 5.74) is 3.03. The molecule has 0 unspecified atom stereocenters. The number of hydrogen-bond acceptors (Lipinski definition) is 3. The van der Waals surface area contributed by atoms with E-state index < -0.39 is 12.1 Å². The van der Waals surface area contributed by atoms with Gasteiger partial charge in [-0.25, -0.2) is 4.79 Å². The van der Waals surface area contributed by atoms with E-state index in [1.807, 2.05) is 55.5 Å². The molecule has 2 aromatic rings. The van der Waals surface area contributed by atoms with Crippen molar-refractivity contribution in [3.05, 3.63) is 75.8 Å². The number of nitrogens with one attached hydrogen (secondary N) is 1. The summed E-state index contributed by atoms with van der Waals surface area (Å²) in [5.74, 6) is -0.883. The zero-order valence-corrected chi connectivity index (χ0v) is 15.7. The van der Waals surface area contributed by atoms with Gasteiger partial charge in [0.25, 0.3) is 5.91 Å². The van der Waals surface area contributed by atoms with Gasteiger partial charge in [0.05, 0.1) is 0 Å². The van der Waals surface area contributed by atoms with Crippen molar-refractivity contribution < 1.29 is 14.3 Å². The number of hydrogen-bond donors (Lipinski definition) is 1. The van der Waals surface area contributed by atoms with Gasteiger partial charge in [-0.2, -0.15) is 0 Å². The van der Waals surface area contributed by atoms with E-state index >= 15 is 0 Å². The summed E-state index contributed by atoms with van der Waals surface area (Å²) in [6, 6.07) is 15.4. The van der Waals surface area contributed by atoms with E-state index in [9.17, 15) is 9.59 Å². The Bertz CT molecular complexity index is 752. The first-order chi connectivity index (χ1) is 11.9. The Labute approximate surface area is 156 Å². The highest BCUT2D eigenvalue weighted by atomic mass is 79.9. The van der Waals surface area contributed by atoms with Gasteiger partial charge in [0, 0.05) is 17.1 Å². The molecule has 0 fully saturated rings. The molecular formula is C20H20BrNO3. The van der Waals surface area contributed by atoms with Gasteiger partial charge in [-0.05, 0) is 43.2 Å². The number of rotatable bonds is 6. The van der Waals surface area contributed by atoms with Gasteiger partial charge in [-0.15, -0.1) is 0 Å². The normalized spacial score (nSPS) is 12.0. The first-order valence-corrected chi connectivity index (χ1v) is 8.71. The summed E-state index contributed by atoms with van der Waals surface area (Å²) in [6.45, 7) is 3.96. The third-order valence-electron chi connectivity index (χ3n) is 3.53. The fraction of sp³-hybridized carbons (Fsp3) is 0.200. The second-order valence-electron chi connectivity index (χ2n) is 5.67. The van der Waals surface area contributed by atoms with Crippen molar-refractivity contribution in [1.29, 1.82) is 0 Å². The number of benzene rings is 2. The van der Waals surface area contributed by atoms with Gasteiger partial charge < -0.3 is 10.1 Å². The summed E-state index contributed by atoms with van der Waals surface area (Å²) in [5, 5.41) is 2.76. The van der Waals surface area contributed by atoms with Crippen LogP contribution in [0.3, 0.4) is 0 Å². The van der Waals surface area contributed by atoms with Crippen LogP contribution in [0, 0.1) is 6.92 Å². The fourth-order valence-corrected chi connectivity index (χ4v) is 2.31. The van der Waals surface area contributed by atoms with Crippen LogP contribution in [0.15, 0.2) is 59.1 Å². The topological polar surface area (TPSA) is 55.4 Å². The molecule has 0 heterocycles. The lowest BCUT2D eigenvalue weighted by Crippen LogP contribution is -2.35. The Kier molecular flexibility index (Phi) is 6.95. The molecule has 0 saturated carbocycles. The van der Waals surface area contributed by atoms with Crippen LogP contribution in [0.1, 0.15) is 23.6 Å². The van der Waals surface area contributed by atoms with E-state index in [1.54, 1.807) is 13.0 Å². The average Bonchev–Trinajstić information content (AvgIpc) is 2.60. The van der Waals surface area contributed by atoms with Crippen molar-refractivity contribution in [2.24, 2.45) is 0 Å². The van der Waals surface area contributed by atoms with E-state index in [1.165, 1.54) is 6.08 Å². The first-order valence-electron chi connectivity index (χ1n) is 7.91. The van der Waals surface area contributed by atoms with Crippen LogP contribution in [0.25, 0.3) is 6.08 Å². The van der Waals surface area contributed by atoms with Crippen molar-refractivity contribution in [1.82, 2.24) is 5.32 Å². The molecule has 4 nitrogen and oxygen atoms in total. The third-order valence-corrected chi connectivity index (χ3v) is 4.06. The first kappa shape index (κ1) is 18.9. The van der Waals surface area contributed by atoms with Crippen LogP contribution < -0.4 is 5.32 Å².